The van der Waals surface area contributed by atoms with Gasteiger partial charge in [0, 0.05) is 18.3 Å². The Kier molecular flexibility index (Phi) is 9.04. The summed E-state index contributed by atoms with van der Waals surface area (Å²) in [6.45, 7) is 0.825. The second-order valence-corrected chi connectivity index (χ2v) is 11.3. The van der Waals surface area contributed by atoms with E-state index in [-0.39, 0.29) is 11.4 Å². The maximum Gasteiger partial charge on any atom is 0.435 e. The number of carbonyl (C=O) groups is 1. The number of anilines is 2. The van der Waals surface area contributed by atoms with Gasteiger partial charge < -0.3 is 15.4 Å². The summed E-state index contributed by atoms with van der Waals surface area (Å²) in [6, 6.07) is 29.7. The van der Waals surface area contributed by atoms with Gasteiger partial charge in [-0.05, 0) is 84.0 Å². The first-order valence-electron chi connectivity index (χ1n) is 15.0. The maximum atomic E-state index is 15.1. The summed E-state index contributed by atoms with van der Waals surface area (Å²) in [7, 11) is 0. The molecule has 1 atom stereocenters. The van der Waals surface area contributed by atoms with Gasteiger partial charge in [-0.15, -0.1) is 0 Å². The Morgan fingerprint density at radius 1 is 0.957 bits per heavy atom. The minimum atomic E-state index is -4.83. The molecular formula is C36H29F4N5O2. The van der Waals surface area contributed by atoms with Gasteiger partial charge in [0.25, 0.3) is 5.91 Å². The van der Waals surface area contributed by atoms with Crippen molar-refractivity contribution in [1.29, 1.82) is 5.26 Å². The van der Waals surface area contributed by atoms with Gasteiger partial charge in [0.15, 0.2) is 5.69 Å². The molecule has 47 heavy (non-hydrogen) atoms. The smallest absolute Gasteiger partial charge is 0.381 e. The van der Waals surface area contributed by atoms with Crippen molar-refractivity contribution in [2.75, 3.05) is 17.2 Å². The second-order valence-electron chi connectivity index (χ2n) is 11.3. The lowest BCUT2D eigenvalue weighted by atomic mass is 9.99. The third-order valence-corrected chi connectivity index (χ3v) is 7.71. The Morgan fingerprint density at radius 2 is 1.72 bits per heavy atom. The molecule has 1 aliphatic carbocycles. The van der Waals surface area contributed by atoms with E-state index in [9.17, 15) is 23.2 Å². The number of benzene rings is 4. The fourth-order valence-corrected chi connectivity index (χ4v) is 5.10. The van der Waals surface area contributed by atoms with Gasteiger partial charge in [-0.3, -0.25) is 4.79 Å². The minimum absolute atomic E-state index is 0.221. The van der Waals surface area contributed by atoms with Crippen molar-refractivity contribution in [3.8, 4) is 11.8 Å². The van der Waals surface area contributed by atoms with Crippen LogP contribution < -0.4 is 10.6 Å². The Hall–Kier alpha value is -5.47. The van der Waals surface area contributed by atoms with Crippen molar-refractivity contribution in [3.05, 3.63) is 143 Å². The molecule has 0 saturated heterocycles. The van der Waals surface area contributed by atoms with Crippen LogP contribution in [0.3, 0.4) is 0 Å². The second kappa shape index (κ2) is 13.5. The van der Waals surface area contributed by atoms with Crippen LogP contribution in [0.2, 0.25) is 0 Å². The Balaban J connectivity index is 1.30. The number of nitrogens with one attached hydrogen (secondary N) is 2. The normalized spacial score (nSPS) is 13.5. The molecule has 1 heterocycles. The molecule has 0 radical (unpaired) electrons. The first-order valence-corrected chi connectivity index (χ1v) is 15.0. The predicted molar refractivity (Wildman–Crippen MR) is 168 cm³/mol. The van der Waals surface area contributed by atoms with Gasteiger partial charge in [-0.25, -0.2) is 9.07 Å². The molecule has 0 aliphatic heterocycles. The molecule has 1 aliphatic rings. The molecule has 238 valence electrons. The van der Waals surface area contributed by atoms with Crippen LogP contribution in [0, 0.1) is 23.1 Å². The quantitative estimate of drug-likeness (QED) is 0.142. The van der Waals surface area contributed by atoms with Crippen molar-refractivity contribution in [3.63, 3.8) is 0 Å². The van der Waals surface area contributed by atoms with Crippen molar-refractivity contribution >= 4 is 17.3 Å². The van der Waals surface area contributed by atoms with Crippen LogP contribution in [-0.4, -0.2) is 22.3 Å². The molecule has 7 nitrogen and oxygen atoms in total. The summed E-state index contributed by atoms with van der Waals surface area (Å²) in [4.78, 5) is 13.6. The van der Waals surface area contributed by atoms with Crippen molar-refractivity contribution in [1.82, 2.24) is 9.78 Å². The standard InChI is InChI=1S/C36H29F4N5O2/c37-30-15-14-27(34(47-22-23-12-13-23)26-8-4-6-24(16-26)20-41)18-31(30)43-35(46)32-19-33(36(38,39)40)44-45(32)29-11-5-7-25(17-29)21-42-28-9-2-1-3-10-28/h1-11,14-19,23,34,42H,12-13,21-22H2,(H,43,46). The van der Waals surface area contributed by atoms with Gasteiger partial charge in [-0.2, -0.15) is 23.5 Å². The van der Waals surface area contributed by atoms with Crippen LogP contribution in [0.1, 0.15) is 57.4 Å². The molecule has 11 heteroatoms. The molecule has 1 amide bonds. The van der Waals surface area contributed by atoms with Crippen molar-refractivity contribution < 1.29 is 27.1 Å². The third-order valence-electron chi connectivity index (χ3n) is 7.71. The highest BCUT2D eigenvalue weighted by Crippen LogP contribution is 2.35. The SMILES string of the molecule is N#Cc1cccc(C(OCC2CC2)c2ccc(F)c(NC(=O)c3cc(C(F)(F)F)nn3-c3cccc(CNc4ccccc4)c3)c2)c1. The Morgan fingerprint density at radius 3 is 2.47 bits per heavy atom. The Bertz CT molecular complexity index is 1930. The van der Waals surface area contributed by atoms with Crippen LogP contribution in [0.15, 0.2) is 103 Å². The number of carbonyl (C=O) groups excluding carboxylic acids is 1. The zero-order chi connectivity index (χ0) is 33.0. The van der Waals surface area contributed by atoms with Gasteiger partial charge in [0.1, 0.15) is 17.6 Å². The van der Waals surface area contributed by atoms with Crippen LogP contribution in [-0.2, 0) is 17.5 Å². The molecule has 1 saturated carbocycles. The molecule has 4 aromatic carbocycles. The molecule has 0 bridgehead atoms. The number of nitriles is 1. The lowest BCUT2D eigenvalue weighted by molar-refractivity contribution is -0.141. The lowest BCUT2D eigenvalue weighted by Gasteiger charge is -2.20. The molecule has 5 aromatic rings. The zero-order valence-electron chi connectivity index (χ0n) is 25.0. The summed E-state index contributed by atoms with van der Waals surface area (Å²) < 4.78 is 63.7. The van der Waals surface area contributed by atoms with Crippen LogP contribution in [0.25, 0.3) is 5.69 Å². The number of ether oxygens (including phenoxy) is 1. The first kappa shape index (κ1) is 31.5. The largest absolute Gasteiger partial charge is 0.435 e. The number of hydrogen-bond donors (Lipinski definition) is 2. The topological polar surface area (TPSA) is 92.0 Å². The van der Waals surface area contributed by atoms with E-state index in [0.717, 1.165) is 34.8 Å². The highest BCUT2D eigenvalue weighted by molar-refractivity contribution is 6.03. The lowest BCUT2D eigenvalue weighted by Crippen LogP contribution is -2.18. The molecule has 1 aromatic heterocycles. The van der Waals surface area contributed by atoms with Crippen molar-refractivity contribution in [2.24, 2.45) is 5.92 Å². The van der Waals surface area contributed by atoms with E-state index in [1.807, 2.05) is 30.3 Å². The molecule has 1 fully saturated rings. The van der Waals surface area contributed by atoms with Crippen LogP contribution in [0.4, 0.5) is 28.9 Å². The number of hydrogen-bond acceptors (Lipinski definition) is 5. The summed E-state index contributed by atoms with van der Waals surface area (Å²) in [6.07, 6.45) is -3.43. The summed E-state index contributed by atoms with van der Waals surface area (Å²) in [5.41, 5.74) is 1.46. The van der Waals surface area contributed by atoms with Gasteiger partial charge in [-0.1, -0.05) is 48.5 Å². The van der Waals surface area contributed by atoms with E-state index < -0.39 is 35.4 Å². The number of halogens is 4. The number of rotatable bonds is 11. The molecular weight excluding hydrogens is 610 g/mol. The average Bonchev–Trinajstić information content (AvgIpc) is 3.79. The highest BCUT2D eigenvalue weighted by atomic mass is 19.4. The Labute approximate surface area is 268 Å². The average molecular weight is 640 g/mol. The fourth-order valence-electron chi connectivity index (χ4n) is 5.10. The maximum absolute atomic E-state index is 15.1. The summed E-state index contributed by atoms with van der Waals surface area (Å²) in [5, 5.41) is 18.8. The van der Waals surface area contributed by atoms with Gasteiger partial charge in [0.05, 0.1) is 29.6 Å². The highest BCUT2D eigenvalue weighted by Gasteiger charge is 2.36. The minimum Gasteiger partial charge on any atom is -0.381 e. The number of para-hydroxylation sites is 1. The van der Waals surface area contributed by atoms with Gasteiger partial charge in [0.2, 0.25) is 0 Å². The molecule has 0 spiro atoms. The zero-order valence-corrected chi connectivity index (χ0v) is 25.0. The summed E-state index contributed by atoms with van der Waals surface area (Å²) >= 11 is 0. The molecule has 2 N–H and O–H groups in total. The van der Waals surface area contributed by atoms with E-state index >= 15 is 4.39 Å². The van der Waals surface area contributed by atoms with E-state index in [1.54, 1.807) is 42.5 Å². The number of aromatic nitrogens is 2. The predicted octanol–water partition coefficient (Wildman–Crippen LogP) is 8.28. The molecule has 1 unspecified atom stereocenters. The van der Waals surface area contributed by atoms with E-state index in [1.165, 1.54) is 18.2 Å². The van der Waals surface area contributed by atoms with E-state index in [2.05, 4.69) is 21.8 Å². The van der Waals surface area contributed by atoms with Gasteiger partial charge >= 0.3 is 6.18 Å². The summed E-state index contributed by atoms with van der Waals surface area (Å²) in [5.74, 6) is -1.37. The third kappa shape index (κ3) is 7.68. The molecule has 6 rings (SSSR count). The number of amides is 1. The van der Waals surface area contributed by atoms with E-state index in [4.69, 9.17) is 4.74 Å². The number of nitrogens with zero attached hydrogens (tertiary/aromatic N) is 3. The number of alkyl halides is 3. The fraction of sp³-hybridized carbons (Fsp3) is 0.194. The van der Waals surface area contributed by atoms with Crippen LogP contribution >= 0.6 is 0 Å². The first-order chi connectivity index (χ1) is 22.7. The van der Waals surface area contributed by atoms with E-state index in [0.29, 0.717) is 41.8 Å². The van der Waals surface area contributed by atoms with Crippen molar-refractivity contribution in [2.45, 2.75) is 31.7 Å². The van der Waals surface area contributed by atoms with Crippen LogP contribution in [0.5, 0.6) is 0 Å². The monoisotopic (exact) mass is 639 g/mol.